The minimum Gasteiger partial charge on any atom is -0.377 e. The Morgan fingerprint density at radius 1 is 1.31 bits per heavy atom. The third-order valence-corrected chi connectivity index (χ3v) is 6.35. The van der Waals surface area contributed by atoms with Crippen LogP contribution in [0.1, 0.15) is 21.2 Å². The summed E-state index contributed by atoms with van der Waals surface area (Å²) in [6.07, 6.45) is 1.82. The number of methoxy groups -OCH3 is 1. The average Bonchev–Trinajstić information content (AvgIpc) is 3.39. The van der Waals surface area contributed by atoms with E-state index >= 15 is 0 Å². The van der Waals surface area contributed by atoms with Gasteiger partial charge in [-0.2, -0.15) is 0 Å². The molecule has 1 fully saturated rings. The summed E-state index contributed by atoms with van der Waals surface area (Å²) in [7, 11) is 1.58. The van der Waals surface area contributed by atoms with Gasteiger partial charge in [-0.15, -0.1) is 11.3 Å². The van der Waals surface area contributed by atoms with E-state index in [0.717, 1.165) is 5.69 Å². The third-order valence-electron chi connectivity index (χ3n) is 4.82. The molecule has 2 amide bonds. The lowest BCUT2D eigenvalue weighted by Gasteiger charge is -2.27. The first kappa shape index (κ1) is 22.8. The van der Waals surface area contributed by atoms with E-state index in [0.29, 0.717) is 44.6 Å². The summed E-state index contributed by atoms with van der Waals surface area (Å²) in [4.78, 5) is 31.2. The Bertz CT molecular complexity index is 1150. The molecule has 1 N–H and O–H groups in total. The zero-order valence-corrected chi connectivity index (χ0v) is 19.5. The highest BCUT2D eigenvalue weighted by Gasteiger charge is 2.23. The van der Waals surface area contributed by atoms with E-state index < -0.39 is 0 Å². The molecule has 3 heterocycles. The molecule has 0 radical (unpaired) electrons. The quantitative estimate of drug-likeness (QED) is 0.541. The second kappa shape index (κ2) is 10.0. The van der Waals surface area contributed by atoms with Crippen molar-refractivity contribution in [2.24, 2.45) is 0 Å². The third kappa shape index (κ3) is 4.97. The normalized spacial score (nSPS) is 14.1. The highest BCUT2D eigenvalue weighted by Crippen LogP contribution is 2.30. The number of thiophene rings is 1. The Balaban J connectivity index is 1.54. The molecule has 8 nitrogen and oxygen atoms in total. The number of anilines is 1. The van der Waals surface area contributed by atoms with Gasteiger partial charge in [0.2, 0.25) is 0 Å². The molecule has 1 aliphatic heterocycles. The van der Waals surface area contributed by atoms with Crippen LogP contribution in [0.2, 0.25) is 9.36 Å². The lowest BCUT2D eigenvalue weighted by Crippen LogP contribution is -2.41. The van der Waals surface area contributed by atoms with Gasteiger partial charge in [0.05, 0.1) is 38.8 Å². The molecular formula is C21H20Cl2N4O4S. The topological polar surface area (TPSA) is 85.7 Å². The fourth-order valence-electron chi connectivity index (χ4n) is 3.34. The summed E-state index contributed by atoms with van der Waals surface area (Å²) >= 11 is 13.6. The minimum absolute atomic E-state index is 0.0460. The molecule has 0 unspecified atom stereocenters. The maximum absolute atomic E-state index is 12.3. The predicted molar refractivity (Wildman–Crippen MR) is 123 cm³/mol. The van der Waals surface area contributed by atoms with Crippen LogP contribution in [-0.2, 0) is 27.4 Å². The summed E-state index contributed by atoms with van der Waals surface area (Å²) in [5.41, 5.74) is 2.07. The van der Waals surface area contributed by atoms with Gasteiger partial charge in [-0.05, 0) is 30.3 Å². The van der Waals surface area contributed by atoms with Gasteiger partial charge in [-0.3, -0.25) is 9.59 Å². The monoisotopic (exact) mass is 494 g/mol. The van der Waals surface area contributed by atoms with Gasteiger partial charge in [0, 0.05) is 25.5 Å². The molecule has 1 aromatic carbocycles. The predicted octanol–water partition coefficient (Wildman–Crippen LogP) is 3.68. The molecule has 11 heteroatoms. The van der Waals surface area contributed by atoms with E-state index in [1.165, 1.54) is 11.3 Å². The molecule has 1 saturated heterocycles. The number of amides is 2. The van der Waals surface area contributed by atoms with Crippen molar-refractivity contribution in [3.05, 3.63) is 62.3 Å². The van der Waals surface area contributed by atoms with Crippen LogP contribution in [0.3, 0.4) is 0 Å². The fourth-order valence-corrected chi connectivity index (χ4v) is 4.58. The zero-order chi connectivity index (χ0) is 22.7. The lowest BCUT2D eigenvalue weighted by atomic mass is 10.2. The molecule has 0 atom stereocenters. The maximum atomic E-state index is 12.3. The van der Waals surface area contributed by atoms with Crippen molar-refractivity contribution in [1.82, 2.24) is 14.9 Å². The number of halogens is 2. The average molecular weight is 495 g/mol. The van der Waals surface area contributed by atoms with Crippen molar-refractivity contribution in [3.63, 3.8) is 0 Å². The highest BCUT2D eigenvalue weighted by molar-refractivity contribution is 7.18. The summed E-state index contributed by atoms with van der Waals surface area (Å²) in [6, 6.07) is 8.81. The van der Waals surface area contributed by atoms with Gasteiger partial charge in [0.15, 0.2) is 0 Å². The molecular weight excluding hydrogens is 475 g/mol. The molecule has 0 bridgehead atoms. The van der Waals surface area contributed by atoms with Crippen LogP contribution in [0.5, 0.6) is 0 Å². The number of ether oxygens (including phenoxy) is 2. The van der Waals surface area contributed by atoms with Crippen molar-refractivity contribution in [2.75, 3.05) is 31.8 Å². The van der Waals surface area contributed by atoms with Gasteiger partial charge >= 0.3 is 0 Å². The number of benzene rings is 1. The summed E-state index contributed by atoms with van der Waals surface area (Å²) in [5.74, 6) is 0.313. The first-order chi connectivity index (χ1) is 15.5. The molecule has 0 spiro atoms. The van der Waals surface area contributed by atoms with Crippen molar-refractivity contribution in [2.45, 2.75) is 13.2 Å². The van der Waals surface area contributed by atoms with Crippen LogP contribution in [0.15, 0.2) is 36.5 Å². The van der Waals surface area contributed by atoms with E-state index in [1.54, 1.807) is 36.3 Å². The first-order valence-corrected chi connectivity index (χ1v) is 11.3. The smallest absolute Gasteiger partial charge is 0.261 e. The largest absolute Gasteiger partial charge is 0.377 e. The summed E-state index contributed by atoms with van der Waals surface area (Å²) in [5, 5.41) is 3.29. The number of hydrogen-bond acceptors (Lipinski definition) is 6. The van der Waals surface area contributed by atoms with Gasteiger partial charge in [0.25, 0.3) is 11.8 Å². The SMILES string of the molecule is COCc1nc(CNC(=O)c2ccc(Cl)s2)cn1-c1ccc(N2CCOCC2=O)c(Cl)c1. The molecule has 1 aliphatic rings. The van der Waals surface area contributed by atoms with Crippen molar-refractivity contribution >= 4 is 52.0 Å². The van der Waals surface area contributed by atoms with E-state index in [2.05, 4.69) is 10.3 Å². The van der Waals surface area contributed by atoms with Gasteiger partial charge < -0.3 is 24.3 Å². The molecule has 32 heavy (non-hydrogen) atoms. The highest BCUT2D eigenvalue weighted by atomic mass is 35.5. The molecule has 4 rings (SSSR count). The van der Waals surface area contributed by atoms with Gasteiger partial charge in [0.1, 0.15) is 19.0 Å². The van der Waals surface area contributed by atoms with Gasteiger partial charge in [-0.25, -0.2) is 4.98 Å². The van der Waals surface area contributed by atoms with Crippen LogP contribution in [0.4, 0.5) is 5.69 Å². The molecule has 2 aromatic heterocycles. The fraction of sp³-hybridized carbons (Fsp3) is 0.286. The van der Waals surface area contributed by atoms with Gasteiger partial charge in [-0.1, -0.05) is 23.2 Å². The Morgan fingerprint density at radius 2 is 2.16 bits per heavy atom. The first-order valence-electron chi connectivity index (χ1n) is 9.74. The number of rotatable bonds is 7. The number of nitrogens with one attached hydrogen (secondary N) is 1. The van der Waals surface area contributed by atoms with E-state index in [9.17, 15) is 9.59 Å². The Kier molecular flexibility index (Phi) is 7.12. The van der Waals surface area contributed by atoms with Crippen LogP contribution >= 0.6 is 34.5 Å². The molecule has 168 valence electrons. The lowest BCUT2D eigenvalue weighted by molar-refractivity contribution is -0.125. The number of carbonyl (C=O) groups excluding carboxylic acids is 2. The number of carbonyl (C=O) groups is 2. The number of hydrogen-bond donors (Lipinski definition) is 1. The van der Waals surface area contributed by atoms with E-state index in [-0.39, 0.29) is 31.6 Å². The van der Waals surface area contributed by atoms with Crippen molar-refractivity contribution in [1.29, 1.82) is 0 Å². The molecule has 0 aliphatic carbocycles. The second-order valence-corrected chi connectivity index (χ2v) is 9.09. The van der Waals surface area contributed by atoms with Crippen LogP contribution in [0.25, 0.3) is 5.69 Å². The molecule has 0 saturated carbocycles. The molecule has 3 aromatic rings. The number of imidazole rings is 1. The van der Waals surface area contributed by atoms with Crippen LogP contribution in [-0.4, -0.2) is 48.2 Å². The van der Waals surface area contributed by atoms with E-state index in [1.807, 2.05) is 16.8 Å². The number of aromatic nitrogens is 2. The Hall–Kier alpha value is -2.43. The number of nitrogens with zero attached hydrogens (tertiary/aromatic N) is 3. The maximum Gasteiger partial charge on any atom is 0.261 e. The Morgan fingerprint density at radius 3 is 2.84 bits per heavy atom. The second-order valence-electron chi connectivity index (χ2n) is 6.97. The Labute approximate surface area is 198 Å². The summed E-state index contributed by atoms with van der Waals surface area (Å²) < 4.78 is 12.9. The zero-order valence-electron chi connectivity index (χ0n) is 17.1. The van der Waals surface area contributed by atoms with Crippen molar-refractivity contribution in [3.8, 4) is 5.69 Å². The standard InChI is InChI=1S/C21H20Cl2N4O4S/c1-30-11-19-25-13(9-24-21(29)17-4-5-18(23)32-17)10-27(19)14-2-3-16(15(22)8-14)26-6-7-31-12-20(26)28/h2-5,8,10H,6-7,9,11-12H2,1H3,(H,24,29). The number of morpholine rings is 1. The minimum atomic E-state index is -0.215. The summed E-state index contributed by atoms with van der Waals surface area (Å²) in [6.45, 7) is 1.49. The van der Waals surface area contributed by atoms with Crippen molar-refractivity contribution < 1.29 is 19.1 Å². The van der Waals surface area contributed by atoms with E-state index in [4.69, 9.17) is 32.7 Å². The van der Waals surface area contributed by atoms with Crippen LogP contribution in [0, 0.1) is 0 Å². The van der Waals surface area contributed by atoms with Crippen LogP contribution < -0.4 is 10.2 Å².